The van der Waals surface area contributed by atoms with Crippen LogP contribution in [0.4, 0.5) is 0 Å². The van der Waals surface area contributed by atoms with Gasteiger partial charge in [0.05, 0.1) is 18.2 Å². The summed E-state index contributed by atoms with van der Waals surface area (Å²) in [5, 5.41) is 8.97. The second-order valence-electron chi connectivity index (χ2n) is 6.42. The predicted molar refractivity (Wildman–Crippen MR) is 87.0 cm³/mol. The largest absolute Gasteiger partial charge is 0.412 e. The highest BCUT2D eigenvalue weighted by atomic mass is 28.4. The number of hydrogen-bond donors (Lipinski definition) is 0. The third-order valence-corrected chi connectivity index (χ3v) is 10.3. The standard InChI is InChI=1S/C17H27NOSi/c1-13(2)20(14(3)4,15(5)6)19-12-17-9-7-8-16(10-17)11-18/h7-10,13-15H,12H2,1-6H3. The molecule has 0 radical (unpaired) electrons. The number of nitrogens with zero attached hydrogens (tertiary/aromatic N) is 1. The second kappa shape index (κ2) is 7.06. The monoisotopic (exact) mass is 289 g/mol. The van der Waals surface area contributed by atoms with E-state index in [-0.39, 0.29) is 0 Å². The summed E-state index contributed by atoms with van der Waals surface area (Å²) in [4.78, 5) is 0. The van der Waals surface area contributed by atoms with Crippen molar-refractivity contribution in [2.24, 2.45) is 0 Å². The molecule has 0 N–H and O–H groups in total. The van der Waals surface area contributed by atoms with Gasteiger partial charge in [-0.1, -0.05) is 53.7 Å². The molecule has 1 rings (SSSR count). The maximum absolute atomic E-state index is 8.97. The fourth-order valence-corrected chi connectivity index (χ4v) is 8.86. The van der Waals surface area contributed by atoms with Crippen molar-refractivity contribution in [2.45, 2.75) is 64.8 Å². The van der Waals surface area contributed by atoms with Gasteiger partial charge in [-0.05, 0) is 34.3 Å². The zero-order chi connectivity index (χ0) is 15.3. The molecule has 2 nitrogen and oxygen atoms in total. The molecule has 0 saturated carbocycles. The Bertz CT molecular complexity index is 452. The van der Waals surface area contributed by atoms with Gasteiger partial charge in [-0.25, -0.2) is 0 Å². The Balaban J connectivity index is 2.94. The van der Waals surface area contributed by atoms with Crippen molar-refractivity contribution >= 4 is 8.32 Å². The van der Waals surface area contributed by atoms with Crippen molar-refractivity contribution in [1.82, 2.24) is 0 Å². The van der Waals surface area contributed by atoms with Crippen molar-refractivity contribution in [2.75, 3.05) is 0 Å². The first-order chi connectivity index (χ1) is 9.34. The minimum absolute atomic E-state index is 0.585. The SMILES string of the molecule is CC(C)[Si](OCc1cccc(C#N)c1)(C(C)C)C(C)C. The molecule has 0 atom stereocenters. The van der Waals surface area contributed by atoms with Gasteiger partial charge < -0.3 is 4.43 Å². The number of nitriles is 1. The van der Waals surface area contributed by atoms with Crippen LogP contribution in [0.1, 0.15) is 52.7 Å². The van der Waals surface area contributed by atoms with Crippen LogP contribution in [0.3, 0.4) is 0 Å². The zero-order valence-corrected chi connectivity index (χ0v) is 14.6. The molecule has 110 valence electrons. The minimum atomic E-state index is -1.82. The molecule has 0 amide bonds. The van der Waals surface area contributed by atoms with Gasteiger partial charge in [0, 0.05) is 0 Å². The van der Waals surface area contributed by atoms with E-state index < -0.39 is 8.32 Å². The molecule has 0 unspecified atom stereocenters. The summed E-state index contributed by atoms with van der Waals surface area (Å²) in [5.41, 5.74) is 3.56. The van der Waals surface area contributed by atoms with Crippen molar-refractivity contribution < 1.29 is 4.43 Å². The van der Waals surface area contributed by atoms with Gasteiger partial charge >= 0.3 is 0 Å². The Hall–Kier alpha value is -1.11. The number of benzene rings is 1. The van der Waals surface area contributed by atoms with Crippen LogP contribution < -0.4 is 0 Å². The summed E-state index contributed by atoms with van der Waals surface area (Å²) in [7, 11) is -1.82. The van der Waals surface area contributed by atoms with Crippen LogP contribution in [0.2, 0.25) is 16.6 Å². The van der Waals surface area contributed by atoms with E-state index in [9.17, 15) is 0 Å². The smallest absolute Gasteiger partial charge is 0.200 e. The average molecular weight is 289 g/mol. The molecular weight excluding hydrogens is 262 g/mol. The van der Waals surface area contributed by atoms with Crippen LogP contribution in [0.25, 0.3) is 0 Å². The third-order valence-electron chi connectivity index (χ3n) is 4.25. The normalized spacial score (nSPS) is 12.2. The summed E-state index contributed by atoms with van der Waals surface area (Å²) in [6, 6.07) is 9.93. The first kappa shape index (κ1) is 16.9. The van der Waals surface area contributed by atoms with E-state index in [1.54, 1.807) is 0 Å². The molecule has 0 aliphatic heterocycles. The minimum Gasteiger partial charge on any atom is -0.412 e. The molecule has 20 heavy (non-hydrogen) atoms. The Kier molecular flexibility index (Phi) is 5.98. The van der Waals surface area contributed by atoms with Crippen LogP contribution in [0.5, 0.6) is 0 Å². The molecule has 0 aliphatic rings. The summed E-state index contributed by atoms with van der Waals surface area (Å²) in [6.07, 6.45) is 0. The lowest BCUT2D eigenvalue weighted by molar-refractivity contribution is 0.266. The van der Waals surface area contributed by atoms with E-state index in [0.29, 0.717) is 28.8 Å². The number of rotatable bonds is 6. The molecule has 3 heteroatoms. The highest BCUT2D eigenvalue weighted by Crippen LogP contribution is 2.42. The van der Waals surface area contributed by atoms with Gasteiger partial charge in [0.1, 0.15) is 0 Å². The molecule has 0 bridgehead atoms. The molecular formula is C17H27NOSi. The Morgan fingerprint density at radius 3 is 2.05 bits per heavy atom. The van der Waals surface area contributed by atoms with Gasteiger partial charge in [-0.3, -0.25) is 0 Å². The van der Waals surface area contributed by atoms with Crippen LogP contribution in [0, 0.1) is 11.3 Å². The zero-order valence-electron chi connectivity index (χ0n) is 13.6. The van der Waals surface area contributed by atoms with Crippen molar-refractivity contribution in [1.29, 1.82) is 5.26 Å². The molecule has 0 aliphatic carbocycles. The molecule has 0 spiro atoms. The first-order valence-corrected chi connectivity index (χ1v) is 9.61. The van der Waals surface area contributed by atoms with E-state index in [2.05, 4.69) is 47.6 Å². The Morgan fingerprint density at radius 2 is 1.60 bits per heavy atom. The predicted octanol–water partition coefficient (Wildman–Crippen LogP) is 5.25. The topological polar surface area (TPSA) is 33.0 Å². The van der Waals surface area contributed by atoms with Crippen LogP contribution >= 0.6 is 0 Å². The van der Waals surface area contributed by atoms with Gasteiger partial charge in [0.15, 0.2) is 0 Å². The lowest BCUT2D eigenvalue weighted by atomic mass is 10.1. The lowest BCUT2D eigenvalue weighted by Gasteiger charge is -2.42. The maximum Gasteiger partial charge on any atom is 0.200 e. The Labute approximate surface area is 124 Å². The van der Waals surface area contributed by atoms with Crippen molar-refractivity contribution in [3.05, 3.63) is 35.4 Å². The molecule has 0 fully saturated rings. The van der Waals surface area contributed by atoms with Crippen LogP contribution in [-0.4, -0.2) is 8.32 Å². The van der Waals surface area contributed by atoms with Gasteiger partial charge in [-0.15, -0.1) is 0 Å². The van der Waals surface area contributed by atoms with E-state index in [0.717, 1.165) is 5.56 Å². The molecule has 0 saturated heterocycles. The van der Waals surface area contributed by atoms with Gasteiger partial charge in [0.25, 0.3) is 0 Å². The molecule has 1 aromatic rings. The first-order valence-electron chi connectivity index (χ1n) is 7.47. The highest BCUT2D eigenvalue weighted by molar-refractivity contribution is 6.77. The number of hydrogen-bond acceptors (Lipinski definition) is 2. The Morgan fingerprint density at radius 1 is 1.05 bits per heavy atom. The lowest BCUT2D eigenvalue weighted by Crippen LogP contribution is -2.47. The average Bonchev–Trinajstić information content (AvgIpc) is 2.38. The quantitative estimate of drug-likeness (QED) is 0.670. The van der Waals surface area contributed by atoms with Crippen molar-refractivity contribution in [3.8, 4) is 6.07 Å². The maximum atomic E-state index is 8.97. The molecule has 0 heterocycles. The second-order valence-corrected chi connectivity index (χ2v) is 11.9. The highest BCUT2D eigenvalue weighted by Gasteiger charge is 2.44. The van der Waals surface area contributed by atoms with E-state index in [4.69, 9.17) is 9.69 Å². The summed E-state index contributed by atoms with van der Waals surface area (Å²) in [6.45, 7) is 14.4. The molecule has 1 aromatic carbocycles. The van der Waals surface area contributed by atoms with E-state index in [1.807, 2.05) is 24.3 Å². The molecule has 0 aromatic heterocycles. The van der Waals surface area contributed by atoms with Crippen molar-refractivity contribution in [3.63, 3.8) is 0 Å². The van der Waals surface area contributed by atoms with Crippen LogP contribution in [-0.2, 0) is 11.0 Å². The van der Waals surface area contributed by atoms with E-state index in [1.165, 1.54) is 0 Å². The summed E-state index contributed by atoms with van der Waals surface area (Å²) >= 11 is 0. The van der Waals surface area contributed by atoms with Gasteiger partial charge in [0.2, 0.25) is 8.32 Å². The summed E-state index contributed by atoms with van der Waals surface area (Å²) < 4.78 is 6.53. The third kappa shape index (κ3) is 3.50. The fourth-order valence-electron chi connectivity index (χ4n) is 3.44. The summed E-state index contributed by atoms with van der Waals surface area (Å²) in [5.74, 6) is 0. The van der Waals surface area contributed by atoms with Gasteiger partial charge in [-0.2, -0.15) is 5.26 Å². The fraction of sp³-hybridized carbons (Fsp3) is 0.588. The van der Waals surface area contributed by atoms with Crippen LogP contribution in [0.15, 0.2) is 24.3 Å². The van der Waals surface area contributed by atoms with E-state index >= 15 is 0 Å².